The summed E-state index contributed by atoms with van der Waals surface area (Å²) in [6.07, 6.45) is 1.39. The van der Waals surface area contributed by atoms with Crippen LogP contribution < -0.4 is 10.5 Å². The summed E-state index contributed by atoms with van der Waals surface area (Å²) in [5, 5.41) is 5.49. The fraction of sp³-hybridized carbons (Fsp3) is 0.423. The van der Waals surface area contributed by atoms with Crippen molar-refractivity contribution in [1.82, 2.24) is 14.1 Å². The van der Waals surface area contributed by atoms with E-state index in [9.17, 15) is 18.0 Å². The van der Waals surface area contributed by atoms with Gasteiger partial charge in [-0.3, -0.25) is 9.59 Å². The Morgan fingerprint density at radius 2 is 1.77 bits per heavy atom. The van der Waals surface area contributed by atoms with Gasteiger partial charge in [-0.05, 0) is 48.6 Å². The van der Waals surface area contributed by atoms with Crippen LogP contribution in [0.3, 0.4) is 0 Å². The van der Waals surface area contributed by atoms with Crippen LogP contribution >= 0.6 is 0 Å². The zero-order valence-electron chi connectivity index (χ0n) is 20.7. The van der Waals surface area contributed by atoms with Gasteiger partial charge in [0, 0.05) is 37.3 Å². The summed E-state index contributed by atoms with van der Waals surface area (Å²) >= 11 is 0. The van der Waals surface area contributed by atoms with E-state index in [2.05, 4.69) is 5.10 Å². The predicted octanol–water partition coefficient (Wildman–Crippen LogP) is 3.68. The van der Waals surface area contributed by atoms with Crippen molar-refractivity contribution in [2.45, 2.75) is 52.0 Å². The molecule has 0 bridgehead atoms. The van der Waals surface area contributed by atoms with Gasteiger partial charge in [-0.1, -0.05) is 45.9 Å². The molecular weight excluding hydrogens is 464 g/mol. The lowest BCUT2D eigenvalue weighted by Gasteiger charge is -2.30. The Morgan fingerprint density at radius 1 is 1.09 bits per heavy atom. The van der Waals surface area contributed by atoms with Gasteiger partial charge in [0.2, 0.25) is 10.0 Å². The van der Waals surface area contributed by atoms with Gasteiger partial charge in [-0.15, -0.1) is 0 Å². The Kier molecular flexibility index (Phi) is 7.10. The number of aromatic nitrogens is 2. The lowest BCUT2D eigenvalue weighted by atomic mass is 10.0. The molecule has 0 saturated carbocycles. The molecule has 1 amide bonds. The lowest BCUT2D eigenvalue weighted by molar-refractivity contribution is 0.0979. The molecule has 3 aromatic rings. The first-order chi connectivity index (χ1) is 16.7. The van der Waals surface area contributed by atoms with Crippen molar-refractivity contribution in [3.63, 3.8) is 0 Å². The zero-order chi connectivity index (χ0) is 25.3. The molecule has 35 heavy (non-hydrogen) atoms. The van der Waals surface area contributed by atoms with Gasteiger partial charge < -0.3 is 4.90 Å². The largest absolute Gasteiger partial charge is 0.307 e. The molecule has 1 aliphatic rings. The topological polar surface area (TPSA) is 92.6 Å². The number of anilines is 1. The highest BCUT2D eigenvalue weighted by Crippen LogP contribution is 2.32. The lowest BCUT2D eigenvalue weighted by Crippen LogP contribution is -2.38. The minimum Gasteiger partial charge on any atom is -0.307 e. The van der Waals surface area contributed by atoms with Gasteiger partial charge in [0.1, 0.15) is 0 Å². The molecule has 0 radical (unpaired) electrons. The highest BCUT2D eigenvalue weighted by molar-refractivity contribution is 7.89. The van der Waals surface area contributed by atoms with Gasteiger partial charge in [-0.25, -0.2) is 13.1 Å². The summed E-state index contributed by atoms with van der Waals surface area (Å²) in [5.74, 6) is -0.106. The van der Waals surface area contributed by atoms with E-state index in [0.29, 0.717) is 55.5 Å². The standard InChI is InChI=1S/C26H32N4O4S/c1-5-28(6-2)35(33,34)20-13-14-23-19(16-20)10-9-15-29(23)26(32)24-21-11-7-8-12-22(21)25(31)30(27-24)17-18(3)4/h7-8,11-14,16,18H,5-6,9-10,15,17H2,1-4H3. The van der Waals surface area contributed by atoms with E-state index in [0.717, 1.165) is 5.56 Å². The van der Waals surface area contributed by atoms with Crippen molar-refractivity contribution in [2.24, 2.45) is 5.92 Å². The minimum atomic E-state index is -3.60. The van der Waals surface area contributed by atoms with E-state index in [1.807, 2.05) is 27.7 Å². The molecule has 4 rings (SSSR count). The number of amides is 1. The maximum absolute atomic E-state index is 13.8. The maximum Gasteiger partial charge on any atom is 0.279 e. The monoisotopic (exact) mass is 496 g/mol. The van der Waals surface area contributed by atoms with Gasteiger partial charge in [0.25, 0.3) is 11.5 Å². The molecule has 0 atom stereocenters. The van der Waals surface area contributed by atoms with Crippen LogP contribution in [0, 0.1) is 5.92 Å². The Balaban J connectivity index is 1.79. The SMILES string of the molecule is CCN(CC)S(=O)(=O)c1ccc2c(c1)CCCN2C(=O)c1nn(CC(C)C)c(=O)c2ccccc12. The van der Waals surface area contributed by atoms with Gasteiger partial charge >= 0.3 is 0 Å². The number of rotatable bonds is 7. The van der Waals surface area contributed by atoms with Crippen molar-refractivity contribution >= 4 is 32.4 Å². The van der Waals surface area contributed by atoms with E-state index >= 15 is 0 Å². The van der Waals surface area contributed by atoms with E-state index in [4.69, 9.17) is 0 Å². The van der Waals surface area contributed by atoms with Crippen molar-refractivity contribution < 1.29 is 13.2 Å². The third-order valence-corrected chi connectivity index (χ3v) is 8.41. The van der Waals surface area contributed by atoms with Gasteiger partial charge in [0.05, 0.1) is 10.3 Å². The number of sulfonamides is 1. The molecule has 0 spiro atoms. The molecule has 2 aromatic carbocycles. The van der Waals surface area contributed by atoms with E-state index in [-0.39, 0.29) is 28.0 Å². The summed E-state index contributed by atoms with van der Waals surface area (Å²) in [6.45, 7) is 9.31. The van der Waals surface area contributed by atoms with Crippen LogP contribution in [0.25, 0.3) is 10.8 Å². The zero-order valence-corrected chi connectivity index (χ0v) is 21.5. The van der Waals surface area contributed by atoms with Crippen LogP contribution in [0.1, 0.15) is 50.2 Å². The molecule has 0 saturated heterocycles. The van der Waals surface area contributed by atoms with Gasteiger partial charge in [0.15, 0.2) is 5.69 Å². The van der Waals surface area contributed by atoms with Crippen LogP contribution in [-0.4, -0.2) is 48.0 Å². The Hall–Kier alpha value is -3.04. The molecular formula is C26H32N4O4S. The average Bonchev–Trinajstić information content (AvgIpc) is 2.85. The Morgan fingerprint density at radius 3 is 2.43 bits per heavy atom. The van der Waals surface area contributed by atoms with Crippen molar-refractivity contribution in [3.05, 3.63) is 64.1 Å². The highest BCUT2D eigenvalue weighted by Gasteiger charge is 2.29. The van der Waals surface area contributed by atoms with Crippen LogP contribution in [0.2, 0.25) is 0 Å². The summed E-state index contributed by atoms with van der Waals surface area (Å²) in [5.41, 5.74) is 1.52. The number of carbonyl (C=O) groups is 1. The molecule has 1 aromatic heterocycles. The fourth-order valence-corrected chi connectivity index (χ4v) is 6.16. The summed E-state index contributed by atoms with van der Waals surface area (Å²) < 4.78 is 28.9. The van der Waals surface area contributed by atoms with E-state index in [1.165, 1.54) is 8.99 Å². The molecule has 2 heterocycles. The van der Waals surface area contributed by atoms with E-state index in [1.54, 1.807) is 47.4 Å². The predicted molar refractivity (Wildman–Crippen MR) is 137 cm³/mol. The van der Waals surface area contributed by atoms with Crippen LogP contribution in [0.5, 0.6) is 0 Å². The Labute approximate surface area is 206 Å². The Bertz CT molecular complexity index is 1430. The first-order valence-electron chi connectivity index (χ1n) is 12.1. The molecule has 9 heteroatoms. The van der Waals surface area contributed by atoms with Crippen LogP contribution in [-0.2, 0) is 23.0 Å². The number of carbonyl (C=O) groups excluding carboxylic acids is 1. The molecule has 8 nitrogen and oxygen atoms in total. The second kappa shape index (κ2) is 9.91. The number of aryl methyl sites for hydroxylation is 1. The summed E-state index contributed by atoms with van der Waals surface area (Å²) in [7, 11) is -3.60. The van der Waals surface area contributed by atoms with Crippen molar-refractivity contribution in [2.75, 3.05) is 24.5 Å². The molecule has 0 fully saturated rings. The molecule has 0 unspecified atom stereocenters. The number of hydrogen-bond acceptors (Lipinski definition) is 5. The van der Waals surface area contributed by atoms with Crippen LogP contribution in [0.15, 0.2) is 52.2 Å². The fourth-order valence-electron chi connectivity index (χ4n) is 4.65. The first kappa shape index (κ1) is 25.1. The molecule has 0 N–H and O–H groups in total. The summed E-state index contributed by atoms with van der Waals surface area (Å²) in [4.78, 5) is 28.7. The third kappa shape index (κ3) is 4.62. The normalized spacial score (nSPS) is 14.1. The van der Waals surface area contributed by atoms with Gasteiger partial charge in [-0.2, -0.15) is 9.40 Å². The molecule has 0 aliphatic carbocycles. The number of nitrogens with zero attached hydrogens (tertiary/aromatic N) is 4. The van der Waals surface area contributed by atoms with Crippen LogP contribution in [0.4, 0.5) is 5.69 Å². The maximum atomic E-state index is 13.8. The van der Waals surface area contributed by atoms with E-state index < -0.39 is 10.0 Å². The molecule has 186 valence electrons. The second-order valence-electron chi connectivity index (χ2n) is 9.22. The molecule has 1 aliphatic heterocycles. The third-order valence-electron chi connectivity index (χ3n) is 6.37. The second-order valence-corrected chi connectivity index (χ2v) is 11.2. The van der Waals surface area contributed by atoms with Crippen molar-refractivity contribution in [1.29, 1.82) is 0 Å². The summed E-state index contributed by atoms with van der Waals surface area (Å²) in [6, 6.07) is 12.0. The van der Waals surface area contributed by atoms with Crippen molar-refractivity contribution in [3.8, 4) is 0 Å². The highest BCUT2D eigenvalue weighted by atomic mass is 32.2. The minimum absolute atomic E-state index is 0.186. The average molecular weight is 497 g/mol. The quantitative estimate of drug-likeness (QED) is 0.498. The number of benzene rings is 2. The number of fused-ring (bicyclic) bond motifs is 2. The smallest absolute Gasteiger partial charge is 0.279 e. The number of hydrogen-bond donors (Lipinski definition) is 0. The first-order valence-corrected chi connectivity index (χ1v) is 13.6.